The molecule has 0 aliphatic rings. The lowest BCUT2D eigenvalue weighted by atomic mass is 10.0. The number of halogens is 1. The molecule has 5 rings (SSSR count). The number of nitrogens with zero attached hydrogens (tertiary/aromatic N) is 2. The summed E-state index contributed by atoms with van der Waals surface area (Å²) in [6.07, 6.45) is 0. The van der Waals surface area contributed by atoms with Crippen LogP contribution in [0, 0.1) is 6.92 Å². The lowest BCUT2D eigenvalue weighted by Crippen LogP contribution is -2.00. The second kappa shape index (κ2) is 8.41. The molecule has 0 spiro atoms. The summed E-state index contributed by atoms with van der Waals surface area (Å²) in [6.45, 7) is 1.73. The number of pyridine rings is 1. The molecule has 0 bridgehead atoms. The highest BCUT2D eigenvalue weighted by molar-refractivity contribution is 6.33. The largest absolute Gasteiger partial charge is 0.478 e. The van der Waals surface area contributed by atoms with E-state index in [9.17, 15) is 9.90 Å². The van der Waals surface area contributed by atoms with E-state index < -0.39 is 5.97 Å². The van der Waals surface area contributed by atoms with E-state index in [1.54, 1.807) is 25.1 Å². The van der Waals surface area contributed by atoms with Crippen LogP contribution in [0.2, 0.25) is 5.02 Å². The zero-order valence-electron chi connectivity index (χ0n) is 17.5. The molecule has 3 aromatic carbocycles. The smallest absolute Gasteiger partial charge is 0.336 e. The molecule has 2 aromatic heterocycles. The van der Waals surface area contributed by atoms with Gasteiger partial charge in [-0.1, -0.05) is 66.2 Å². The standard InChI is InChI=1S/C26H18ClN3O3/c1-15-10-11-19(13-20(15)25(31)32)33-26-28-22-14-21(27)23(29-24(22)30-26)18-9-5-8-17(12-18)16-6-3-2-4-7-16/h2-14H,1H3,(H,31,32)(H,28,29,30). The molecule has 162 valence electrons. The summed E-state index contributed by atoms with van der Waals surface area (Å²) in [7, 11) is 0. The van der Waals surface area contributed by atoms with E-state index in [0.29, 0.717) is 33.2 Å². The molecule has 6 nitrogen and oxygen atoms in total. The minimum atomic E-state index is -1.02. The van der Waals surface area contributed by atoms with Crippen molar-refractivity contribution in [3.8, 4) is 34.1 Å². The molecule has 0 atom stereocenters. The van der Waals surface area contributed by atoms with Crippen molar-refractivity contribution in [3.63, 3.8) is 0 Å². The molecule has 0 radical (unpaired) electrons. The first-order valence-corrected chi connectivity index (χ1v) is 10.6. The van der Waals surface area contributed by atoms with Gasteiger partial charge in [0.15, 0.2) is 5.65 Å². The molecule has 2 heterocycles. The van der Waals surface area contributed by atoms with Crippen LogP contribution in [0.5, 0.6) is 11.8 Å². The van der Waals surface area contributed by atoms with Gasteiger partial charge in [-0.3, -0.25) is 0 Å². The second-order valence-electron chi connectivity index (χ2n) is 7.56. The Labute approximate surface area is 194 Å². The minimum absolute atomic E-state index is 0.172. The third kappa shape index (κ3) is 4.16. The zero-order valence-corrected chi connectivity index (χ0v) is 18.3. The van der Waals surface area contributed by atoms with E-state index in [0.717, 1.165) is 16.7 Å². The number of rotatable bonds is 5. The van der Waals surface area contributed by atoms with Crippen molar-refractivity contribution < 1.29 is 14.6 Å². The van der Waals surface area contributed by atoms with Crippen LogP contribution in [0.1, 0.15) is 15.9 Å². The Balaban J connectivity index is 1.49. The number of nitrogens with one attached hydrogen (secondary N) is 1. The number of carbonyl (C=O) groups is 1. The first kappa shape index (κ1) is 20.7. The molecular weight excluding hydrogens is 438 g/mol. The molecule has 2 N–H and O–H groups in total. The lowest BCUT2D eigenvalue weighted by molar-refractivity contribution is 0.0695. The molecule has 33 heavy (non-hydrogen) atoms. The van der Waals surface area contributed by atoms with Crippen LogP contribution >= 0.6 is 11.6 Å². The van der Waals surface area contributed by atoms with Gasteiger partial charge in [0.05, 0.1) is 21.8 Å². The highest BCUT2D eigenvalue weighted by atomic mass is 35.5. The normalized spacial score (nSPS) is 11.0. The number of aromatic carboxylic acids is 1. The van der Waals surface area contributed by atoms with Gasteiger partial charge in [0, 0.05) is 5.56 Å². The summed E-state index contributed by atoms with van der Waals surface area (Å²) >= 11 is 6.56. The van der Waals surface area contributed by atoms with Gasteiger partial charge in [0.25, 0.3) is 0 Å². The number of hydrogen-bond donors (Lipinski definition) is 2. The fourth-order valence-electron chi connectivity index (χ4n) is 3.63. The third-order valence-corrected chi connectivity index (χ3v) is 5.59. The fourth-order valence-corrected chi connectivity index (χ4v) is 3.89. The molecule has 0 fully saturated rings. The Morgan fingerprint density at radius 2 is 1.67 bits per heavy atom. The van der Waals surface area contributed by atoms with Crippen molar-refractivity contribution >= 4 is 28.7 Å². The Hall–Kier alpha value is -4.16. The predicted molar refractivity (Wildman–Crippen MR) is 128 cm³/mol. The van der Waals surface area contributed by atoms with Gasteiger partial charge in [0.2, 0.25) is 0 Å². The van der Waals surface area contributed by atoms with Gasteiger partial charge in [-0.15, -0.1) is 0 Å². The summed E-state index contributed by atoms with van der Waals surface area (Å²) in [6, 6.07) is 24.9. The Morgan fingerprint density at radius 3 is 2.45 bits per heavy atom. The van der Waals surface area contributed by atoms with Crippen molar-refractivity contribution in [3.05, 3.63) is 95.0 Å². The average molecular weight is 456 g/mol. The summed E-state index contributed by atoms with van der Waals surface area (Å²) in [5.74, 6) is -0.655. The van der Waals surface area contributed by atoms with E-state index in [1.165, 1.54) is 6.07 Å². The molecule has 0 unspecified atom stereocenters. The molecule has 0 amide bonds. The predicted octanol–water partition coefficient (Wildman–Crippen LogP) is 6.74. The highest BCUT2D eigenvalue weighted by Crippen LogP contribution is 2.32. The van der Waals surface area contributed by atoms with Crippen LogP contribution < -0.4 is 4.74 Å². The lowest BCUT2D eigenvalue weighted by Gasteiger charge is -2.07. The van der Waals surface area contributed by atoms with Crippen LogP contribution in [-0.4, -0.2) is 26.0 Å². The summed E-state index contributed by atoms with van der Waals surface area (Å²) in [5, 5.41) is 9.81. The number of fused-ring (bicyclic) bond motifs is 1. The molecular formula is C26H18ClN3O3. The van der Waals surface area contributed by atoms with Gasteiger partial charge in [-0.2, -0.15) is 4.98 Å². The number of aromatic amines is 1. The molecule has 5 aromatic rings. The third-order valence-electron chi connectivity index (χ3n) is 5.30. The summed E-state index contributed by atoms with van der Waals surface area (Å²) < 4.78 is 5.76. The maximum Gasteiger partial charge on any atom is 0.336 e. The molecule has 0 aliphatic heterocycles. The van der Waals surface area contributed by atoms with E-state index in [4.69, 9.17) is 16.3 Å². The van der Waals surface area contributed by atoms with Gasteiger partial charge in [-0.25, -0.2) is 9.78 Å². The zero-order chi connectivity index (χ0) is 22.9. The van der Waals surface area contributed by atoms with Crippen molar-refractivity contribution in [1.82, 2.24) is 15.0 Å². The quantitative estimate of drug-likeness (QED) is 0.306. The van der Waals surface area contributed by atoms with Gasteiger partial charge in [-0.05, 0) is 47.9 Å². The number of H-pyrrole nitrogens is 1. The number of imidazole rings is 1. The van der Waals surface area contributed by atoms with Crippen LogP contribution in [0.3, 0.4) is 0 Å². The van der Waals surface area contributed by atoms with Crippen LogP contribution in [0.15, 0.2) is 78.9 Å². The summed E-state index contributed by atoms with van der Waals surface area (Å²) in [4.78, 5) is 23.5. The van der Waals surface area contributed by atoms with Crippen LogP contribution in [0.4, 0.5) is 0 Å². The van der Waals surface area contributed by atoms with Crippen molar-refractivity contribution in [2.24, 2.45) is 0 Å². The molecule has 0 aliphatic carbocycles. The highest BCUT2D eigenvalue weighted by Gasteiger charge is 2.14. The number of carboxylic acid groups (broad SMARTS) is 1. The summed E-state index contributed by atoms with van der Waals surface area (Å²) in [5.41, 5.74) is 5.53. The number of aryl methyl sites for hydroxylation is 1. The Bertz CT molecular complexity index is 1500. The SMILES string of the molecule is Cc1ccc(Oc2nc3nc(-c4cccc(-c5ccccc5)c4)c(Cl)cc3[nH]2)cc1C(=O)O. The number of aromatic nitrogens is 3. The molecule has 0 saturated carbocycles. The Kier molecular flexibility index (Phi) is 5.28. The molecule has 7 heteroatoms. The maximum atomic E-state index is 11.4. The van der Waals surface area contributed by atoms with E-state index >= 15 is 0 Å². The number of carboxylic acids is 1. The van der Waals surface area contributed by atoms with E-state index in [1.807, 2.05) is 42.5 Å². The van der Waals surface area contributed by atoms with E-state index in [-0.39, 0.29) is 11.6 Å². The van der Waals surface area contributed by atoms with Gasteiger partial charge in [0.1, 0.15) is 5.75 Å². The monoisotopic (exact) mass is 455 g/mol. The second-order valence-corrected chi connectivity index (χ2v) is 7.97. The van der Waals surface area contributed by atoms with Crippen molar-refractivity contribution in [2.45, 2.75) is 6.92 Å². The fraction of sp³-hybridized carbons (Fsp3) is 0.0385. The van der Waals surface area contributed by atoms with Gasteiger partial charge >= 0.3 is 12.0 Å². The van der Waals surface area contributed by atoms with Gasteiger partial charge < -0.3 is 14.8 Å². The minimum Gasteiger partial charge on any atom is -0.478 e. The number of benzene rings is 3. The van der Waals surface area contributed by atoms with Crippen molar-refractivity contribution in [2.75, 3.05) is 0 Å². The van der Waals surface area contributed by atoms with Crippen LogP contribution in [0.25, 0.3) is 33.5 Å². The number of ether oxygens (including phenoxy) is 1. The first-order chi connectivity index (χ1) is 16.0. The first-order valence-electron chi connectivity index (χ1n) is 10.2. The van der Waals surface area contributed by atoms with Crippen molar-refractivity contribution in [1.29, 1.82) is 0 Å². The Morgan fingerprint density at radius 1 is 0.909 bits per heavy atom. The molecule has 0 saturated heterocycles. The van der Waals surface area contributed by atoms with E-state index in [2.05, 4.69) is 27.1 Å². The maximum absolute atomic E-state index is 11.4. The average Bonchev–Trinajstić information content (AvgIpc) is 3.21. The number of hydrogen-bond acceptors (Lipinski definition) is 4. The topological polar surface area (TPSA) is 88.1 Å². The van der Waals surface area contributed by atoms with Crippen LogP contribution in [-0.2, 0) is 0 Å².